The molecule has 6 rings (SSSR count). The summed E-state index contributed by atoms with van der Waals surface area (Å²) in [4.78, 5) is 0. The first-order chi connectivity index (χ1) is 26.5. The van der Waals surface area contributed by atoms with Crippen LogP contribution in [0.2, 0.25) is 0 Å². The van der Waals surface area contributed by atoms with Gasteiger partial charge >= 0.3 is 0 Å². The van der Waals surface area contributed by atoms with Gasteiger partial charge in [0.15, 0.2) is 9.49 Å². The third kappa shape index (κ3) is 5.49. The highest BCUT2D eigenvalue weighted by Crippen LogP contribution is 2.51. The van der Waals surface area contributed by atoms with Crippen LogP contribution in [0.5, 0.6) is 0 Å². The summed E-state index contributed by atoms with van der Waals surface area (Å²) in [6, 6.07) is 17.0. The van der Waals surface area contributed by atoms with Gasteiger partial charge in [0.05, 0.1) is 23.5 Å². The molecule has 12 N–H and O–H groups in total. The van der Waals surface area contributed by atoms with E-state index in [0.717, 1.165) is 0 Å². The smallest absolute Gasteiger partial charge is 0.281 e. The van der Waals surface area contributed by atoms with Crippen LogP contribution in [0.15, 0.2) is 83.0 Å². The van der Waals surface area contributed by atoms with Crippen LogP contribution in [-0.4, -0.2) is 60.9 Å². The fourth-order valence-corrected chi connectivity index (χ4v) is 11.8. The van der Waals surface area contributed by atoms with Crippen molar-refractivity contribution >= 4 is 43.1 Å². The maximum atomic E-state index is 14.0. The Balaban J connectivity index is 1.70. The van der Waals surface area contributed by atoms with E-state index in [4.69, 9.17) is 34.0 Å². The average molecular weight is 799 g/mol. The second kappa shape index (κ2) is 14.4. The van der Waals surface area contributed by atoms with Crippen molar-refractivity contribution in [2.75, 3.05) is 0 Å². The molecule has 16 heteroatoms. The lowest BCUT2D eigenvalue weighted by Crippen LogP contribution is -2.61. The predicted octanol–water partition coefficient (Wildman–Crippen LogP) is 3.91. The number of rotatable bonds is 9. The number of nitrogens with zero attached hydrogens (tertiary/aromatic N) is 2. The molecule has 4 unspecified atom stereocenters. The maximum Gasteiger partial charge on any atom is 0.281 e. The number of hydrogen-bond acceptors (Lipinski definition) is 12. The Kier molecular flexibility index (Phi) is 10.5. The van der Waals surface area contributed by atoms with Crippen molar-refractivity contribution in [3.05, 3.63) is 128 Å². The van der Waals surface area contributed by atoms with Crippen LogP contribution in [0, 0.1) is 10.8 Å². The molecular formula is C40H46N8O6S2. The molecule has 4 aromatic rings. The van der Waals surface area contributed by atoms with Crippen molar-refractivity contribution in [3.63, 3.8) is 0 Å². The lowest BCUT2D eigenvalue weighted by Gasteiger charge is -2.44. The van der Waals surface area contributed by atoms with Gasteiger partial charge < -0.3 is 23.2 Å². The highest BCUT2D eigenvalue weighted by molar-refractivity contribution is 7.87. The van der Waals surface area contributed by atoms with Gasteiger partial charge in [-0.15, -0.1) is 0 Å². The number of fused-ring (bicyclic) bond motifs is 2. The van der Waals surface area contributed by atoms with E-state index in [1.807, 2.05) is 52.0 Å². The van der Waals surface area contributed by atoms with Crippen LogP contribution in [0.3, 0.4) is 0 Å². The van der Waals surface area contributed by atoms with Crippen LogP contribution in [0.4, 0.5) is 0 Å². The van der Waals surface area contributed by atoms with E-state index in [1.165, 1.54) is 0 Å². The summed E-state index contributed by atoms with van der Waals surface area (Å²) in [6.45, 7) is 7.40. The highest BCUT2D eigenvalue weighted by Gasteiger charge is 2.61. The van der Waals surface area contributed by atoms with Crippen LogP contribution in [0.25, 0.3) is 11.1 Å². The van der Waals surface area contributed by atoms with Crippen LogP contribution >= 0.6 is 0 Å². The monoisotopic (exact) mass is 798 g/mol. The van der Waals surface area contributed by atoms with Gasteiger partial charge in [-0.25, -0.2) is 0 Å². The number of hydrogen-bond donors (Lipinski definition) is 8. The molecule has 0 spiro atoms. The first-order valence-electron chi connectivity index (χ1n) is 18.2. The largest absolute Gasteiger partial charge is 0.323 e. The van der Waals surface area contributed by atoms with Crippen molar-refractivity contribution in [3.8, 4) is 11.1 Å². The van der Waals surface area contributed by atoms with Gasteiger partial charge in [-0.1, -0.05) is 100 Å². The first kappa shape index (κ1) is 40.6. The molecule has 14 nitrogen and oxygen atoms in total. The summed E-state index contributed by atoms with van der Waals surface area (Å²) in [6.07, 6.45) is 1.22. The molecule has 0 radical (unpaired) electrons. The molecule has 56 heavy (non-hydrogen) atoms. The summed E-state index contributed by atoms with van der Waals surface area (Å²) in [5, 5.41) is 25.1. The minimum atomic E-state index is -5.10. The second-order valence-corrected chi connectivity index (χ2v) is 17.2. The standard InChI is InChI=1S/C40H46N8O6S2/c1-5-21-17-25(18-22(6-2)31(21)39(55(49,50)51)29-15-11-9-13-27(29)33(41)35(47-45)37(39)43)26-19-23(7-3)32(24(8-4)20-26)40(56(52,53)54)30-16-12-10-14-28(30)34(42)36(48-46)38(40)44/h9-20,37-38,41-42H,5-8,43-46H2,1-4H3,(H,49,50,51)(H,52,53,54). The normalized spacial score (nSPS) is 24.0. The van der Waals surface area contributed by atoms with E-state index in [0.29, 0.717) is 59.1 Å². The molecule has 2 aliphatic rings. The quantitative estimate of drug-likeness (QED) is 0.0686. The van der Waals surface area contributed by atoms with Gasteiger partial charge in [-0.3, -0.25) is 19.9 Å². The molecule has 0 heterocycles. The Bertz CT molecular complexity index is 2380. The molecule has 0 aliphatic heterocycles. The molecular weight excluding hydrogens is 753 g/mol. The molecule has 0 saturated carbocycles. The predicted molar refractivity (Wildman–Crippen MR) is 220 cm³/mol. The van der Waals surface area contributed by atoms with Gasteiger partial charge in [-0.2, -0.15) is 27.0 Å². The molecule has 4 aromatic carbocycles. The molecule has 2 aliphatic carbocycles. The van der Waals surface area contributed by atoms with Crippen molar-refractivity contribution in [2.45, 2.75) is 75.0 Å². The Morgan fingerprint density at radius 2 is 0.875 bits per heavy atom. The maximum absolute atomic E-state index is 14.0. The number of nitrogens with one attached hydrogen (secondary N) is 2. The zero-order valence-corrected chi connectivity index (χ0v) is 33.1. The SMILES string of the molecule is CCc1cc(-c2cc(CC)c(C3(S(=O)(=O)O)c4ccccc4C(=N)C(=NN)C3N)c(CC)c2)cc(CC)c1C1(S(=O)(=O)O)c2ccccc2C(=N)C(=NN)C1N. The zero-order valence-electron chi connectivity index (χ0n) is 31.5. The van der Waals surface area contributed by atoms with E-state index in [2.05, 4.69) is 10.2 Å². The lowest BCUT2D eigenvalue weighted by molar-refractivity contribution is 0.432. The number of aryl methyl sites for hydroxylation is 4. The molecule has 0 aromatic heterocycles. The average Bonchev–Trinajstić information content (AvgIpc) is 3.17. The van der Waals surface area contributed by atoms with Gasteiger partial charge in [-0.05, 0) is 81.3 Å². The summed E-state index contributed by atoms with van der Waals surface area (Å²) in [5.74, 6) is 11.5. The molecule has 0 amide bonds. The highest BCUT2D eigenvalue weighted by atomic mass is 32.2. The fraction of sp³-hybridized carbons (Fsp3) is 0.300. The molecule has 0 bridgehead atoms. The number of benzene rings is 4. The number of nitrogens with two attached hydrogens (primary N) is 4. The van der Waals surface area contributed by atoms with E-state index in [9.17, 15) is 25.9 Å². The van der Waals surface area contributed by atoms with Crippen LogP contribution < -0.4 is 23.2 Å². The fourth-order valence-electron chi connectivity index (χ4n) is 9.02. The minimum absolute atomic E-state index is 0.128. The van der Waals surface area contributed by atoms with Crippen molar-refractivity contribution in [2.24, 2.45) is 33.4 Å². The lowest BCUT2D eigenvalue weighted by atomic mass is 9.69. The van der Waals surface area contributed by atoms with E-state index in [-0.39, 0.29) is 56.2 Å². The van der Waals surface area contributed by atoms with Crippen LogP contribution in [0.1, 0.15) is 83.3 Å². The molecule has 0 fully saturated rings. The molecule has 0 saturated heterocycles. The van der Waals surface area contributed by atoms with E-state index in [1.54, 1.807) is 48.5 Å². The Hall–Kier alpha value is -5.10. The van der Waals surface area contributed by atoms with Crippen molar-refractivity contribution in [1.82, 2.24) is 0 Å². The third-order valence-corrected chi connectivity index (χ3v) is 14.4. The summed E-state index contributed by atoms with van der Waals surface area (Å²) in [5.41, 5.74) is 17.6. The summed E-state index contributed by atoms with van der Waals surface area (Å²) >= 11 is 0. The second-order valence-electron chi connectivity index (χ2n) is 14.0. The minimum Gasteiger partial charge on any atom is -0.323 e. The Labute approximate surface area is 326 Å². The van der Waals surface area contributed by atoms with Crippen molar-refractivity contribution < 1.29 is 25.9 Å². The van der Waals surface area contributed by atoms with E-state index >= 15 is 0 Å². The van der Waals surface area contributed by atoms with Gasteiger partial charge in [0, 0.05) is 11.1 Å². The van der Waals surface area contributed by atoms with Gasteiger partial charge in [0.2, 0.25) is 0 Å². The zero-order chi connectivity index (χ0) is 41.1. The summed E-state index contributed by atoms with van der Waals surface area (Å²) < 4.78 is 74.0. The van der Waals surface area contributed by atoms with Crippen molar-refractivity contribution in [1.29, 1.82) is 10.8 Å². The first-order valence-corrected chi connectivity index (χ1v) is 21.1. The summed E-state index contributed by atoms with van der Waals surface area (Å²) in [7, 11) is -10.2. The van der Waals surface area contributed by atoms with Crippen LogP contribution in [-0.2, 0) is 55.4 Å². The van der Waals surface area contributed by atoms with E-state index < -0.39 is 41.8 Å². The Morgan fingerprint density at radius 3 is 1.12 bits per heavy atom. The Morgan fingerprint density at radius 1 is 0.589 bits per heavy atom. The molecule has 294 valence electrons. The van der Waals surface area contributed by atoms with Gasteiger partial charge in [0.1, 0.15) is 11.4 Å². The number of hydrazone groups is 2. The topological polar surface area (TPSA) is 285 Å². The van der Waals surface area contributed by atoms with Gasteiger partial charge in [0.25, 0.3) is 20.2 Å². The molecule has 4 atom stereocenters. The third-order valence-electron chi connectivity index (χ3n) is 11.5.